The van der Waals surface area contributed by atoms with Crippen LogP contribution in [-0.4, -0.2) is 20.7 Å². The van der Waals surface area contributed by atoms with Crippen molar-refractivity contribution in [2.45, 2.75) is 45.7 Å². The maximum Gasteiger partial charge on any atom is 0.251 e. The van der Waals surface area contributed by atoms with Gasteiger partial charge in [-0.2, -0.15) is 5.10 Å². The number of amides is 1. The number of H-pyrrole nitrogens is 1. The molecule has 28 heavy (non-hydrogen) atoms. The number of aryl methyl sites for hydroxylation is 2. The van der Waals surface area contributed by atoms with Crippen molar-refractivity contribution in [3.05, 3.63) is 65.0 Å². The van der Waals surface area contributed by atoms with Crippen LogP contribution in [0.5, 0.6) is 0 Å². The van der Waals surface area contributed by atoms with Crippen LogP contribution in [0, 0.1) is 0 Å². The largest absolute Gasteiger partial charge is 0.348 e. The lowest BCUT2D eigenvalue weighted by Gasteiger charge is -2.14. The van der Waals surface area contributed by atoms with E-state index < -0.39 is 0 Å². The molecule has 0 aliphatic heterocycles. The highest BCUT2D eigenvalue weighted by molar-refractivity contribution is 5.99. The summed E-state index contributed by atoms with van der Waals surface area (Å²) < 4.78 is 2.42. The maximum absolute atomic E-state index is 12.8. The highest BCUT2D eigenvalue weighted by atomic mass is 16.1. The first kappa shape index (κ1) is 17.0. The third-order valence-electron chi connectivity index (χ3n) is 5.91. The average molecular weight is 372 g/mol. The van der Waals surface area contributed by atoms with E-state index in [0.717, 1.165) is 41.4 Å². The molecule has 0 atom stereocenters. The molecule has 1 aliphatic rings. The van der Waals surface area contributed by atoms with Crippen LogP contribution in [0.15, 0.2) is 42.6 Å². The van der Waals surface area contributed by atoms with Gasteiger partial charge in [0.2, 0.25) is 0 Å². The van der Waals surface area contributed by atoms with Crippen LogP contribution in [-0.2, 0) is 25.9 Å². The number of rotatable bonds is 4. The van der Waals surface area contributed by atoms with Crippen LogP contribution in [0.2, 0.25) is 0 Å². The fourth-order valence-electron chi connectivity index (χ4n) is 4.52. The van der Waals surface area contributed by atoms with Gasteiger partial charge in [0, 0.05) is 40.6 Å². The summed E-state index contributed by atoms with van der Waals surface area (Å²) in [5, 5.41) is 12.4. The van der Waals surface area contributed by atoms with Gasteiger partial charge in [0.25, 0.3) is 5.91 Å². The van der Waals surface area contributed by atoms with E-state index >= 15 is 0 Å². The highest BCUT2D eigenvalue weighted by Gasteiger charge is 2.20. The zero-order chi connectivity index (χ0) is 19.1. The lowest BCUT2D eigenvalue weighted by molar-refractivity contribution is 0.0951. The van der Waals surface area contributed by atoms with Crippen molar-refractivity contribution in [2.24, 2.45) is 0 Å². The Morgan fingerprint density at radius 1 is 1.18 bits per heavy atom. The number of nitrogens with zero attached hydrogens (tertiary/aromatic N) is 2. The Labute approximate surface area is 163 Å². The number of hydrogen-bond donors (Lipinski definition) is 2. The van der Waals surface area contributed by atoms with Gasteiger partial charge in [0.1, 0.15) is 0 Å². The van der Waals surface area contributed by atoms with Crippen molar-refractivity contribution in [1.29, 1.82) is 0 Å². The Hall–Kier alpha value is -3.08. The summed E-state index contributed by atoms with van der Waals surface area (Å²) in [7, 11) is 0. The molecular weight excluding hydrogens is 348 g/mol. The van der Waals surface area contributed by atoms with Crippen molar-refractivity contribution in [1.82, 2.24) is 20.1 Å². The Morgan fingerprint density at radius 3 is 2.96 bits per heavy atom. The van der Waals surface area contributed by atoms with Crippen molar-refractivity contribution >= 4 is 27.7 Å². The van der Waals surface area contributed by atoms with Crippen molar-refractivity contribution in [3.63, 3.8) is 0 Å². The molecule has 2 aromatic heterocycles. The molecule has 1 amide bonds. The molecule has 0 spiro atoms. The molecule has 2 heterocycles. The van der Waals surface area contributed by atoms with Crippen LogP contribution in [0.1, 0.15) is 46.9 Å². The number of nitrogens with one attached hydrogen (secondary N) is 2. The minimum Gasteiger partial charge on any atom is -0.348 e. The van der Waals surface area contributed by atoms with E-state index in [1.54, 1.807) is 6.20 Å². The molecule has 0 saturated carbocycles. The summed E-state index contributed by atoms with van der Waals surface area (Å²) in [6.07, 6.45) is 6.57. The van der Waals surface area contributed by atoms with E-state index in [0.29, 0.717) is 6.54 Å². The van der Waals surface area contributed by atoms with Gasteiger partial charge in [-0.1, -0.05) is 6.07 Å². The van der Waals surface area contributed by atoms with E-state index in [1.807, 2.05) is 18.2 Å². The van der Waals surface area contributed by atoms with E-state index in [1.165, 1.54) is 35.0 Å². The molecule has 0 radical (unpaired) electrons. The molecule has 2 aromatic carbocycles. The summed E-state index contributed by atoms with van der Waals surface area (Å²) in [4.78, 5) is 12.8. The molecule has 0 fully saturated rings. The molecule has 0 bridgehead atoms. The predicted octanol–water partition coefficient (Wildman–Crippen LogP) is 4.35. The Morgan fingerprint density at radius 2 is 2.07 bits per heavy atom. The van der Waals surface area contributed by atoms with Crippen LogP contribution in [0.4, 0.5) is 0 Å². The fraction of sp³-hybridized carbons (Fsp3) is 0.304. The van der Waals surface area contributed by atoms with Crippen molar-refractivity contribution in [2.75, 3.05) is 0 Å². The number of fused-ring (bicyclic) bond motifs is 4. The smallest absolute Gasteiger partial charge is 0.251 e. The molecule has 142 valence electrons. The first-order chi connectivity index (χ1) is 13.7. The molecule has 5 nitrogen and oxygen atoms in total. The fourth-order valence-corrected chi connectivity index (χ4v) is 4.52. The van der Waals surface area contributed by atoms with Crippen LogP contribution in [0.25, 0.3) is 21.8 Å². The first-order valence-electron chi connectivity index (χ1n) is 10.1. The summed E-state index contributed by atoms with van der Waals surface area (Å²) >= 11 is 0. The minimum atomic E-state index is -0.0250. The van der Waals surface area contributed by atoms with Gasteiger partial charge in [0.15, 0.2) is 0 Å². The van der Waals surface area contributed by atoms with Crippen LogP contribution in [0.3, 0.4) is 0 Å². The Kier molecular flexibility index (Phi) is 4.15. The normalized spacial score (nSPS) is 13.8. The SMILES string of the molecule is CCn1c2c(c3cc(C(=O)NCc4ccc5[nH]ncc5c4)ccc31)CCCC2. The molecule has 0 saturated heterocycles. The molecule has 4 aromatic rings. The first-order valence-corrected chi connectivity index (χ1v) is 10.1. The van der Waals surface area contributed by atoms with Crippen molar-refractivity contribution < 1.29 is 4.79 Å². The van der Waals surface area contributed by atoms with Crippen LogP contribution >= 0.6 is 0 Å². The molecular formula is C23H24N4O. The second kappa shape index (κ2) is 6.82. The van der Waals surface area contributed by atoms with Gasteiger partial charge >= 0.3 is 0 Å². The summed E-state index contributed by atoms with van der Waals surface area (Å²) in [5.41, 5.74) is 6.98. The van der Waals surface area contributed by atoms with Gasteiger partial charge in [-0.25, -0.2) is 0 Å². The zero-order valence-corrected chi connectivity index (χ0v) is 16.1. The standard InChI is InChI=1S/C23H24N4O/c1-2-27-21-6-4-3-5-18(21)19-12-16(8-10-22(19)27)23(28)24-13-15-7-9-20-17(11-15)14-25-26-20/h7-12,14H,2-6,13H2,1H3,(H,24,28)(H,25,26). The zero-order valence-electron chi connectivity index (χ0n) is 16.1. The van der Waals surface area contributed by atoms with Crippen LogP contribution < -0.4 is 5.32 Å². The molecule has 0 unspecified atom stereocenters. The summed E-state index contributed by atoms with van der Waals surface area (Å²) in [6, 6.07) is 12.2. The topological polar surface area (TPSA) is 62.7 Å². The number of hydrogen-bond acceptors (Lipinski definition) is 2. The van der Waals surface area contributed by atoms with Gasteiger partial charge in [-0.3, -0.25) is 9.89 Å². The molecule has 1 aliphatic carbocycles. The lowest BCUT2D eigenvalue weighted by atomic mass is 9.95. The summed E-state index contributed by atoms with van der Waals surface area (Å²) in [5.74, 6) is -0.0250. The quantitative estimate of drug-likeness (QED) is 0.559. The Bertz CT molecular complexity index is 1180. The Balaban J connectivity index is 1.41. The van der Waals surface area contributed by atoms with Crippen molar-refractivity contribution in [3.8, 4) is 0 Å². The van der Waals surface area contributed by atoms with Gasteiger partial charge in [-0.05, 0) is 74.1 Å². The van der Waals surface area contributed by atoms with Gasteiger partial charge in [0.05, 0.1) is 11.7 Å². The van der Waals surface area contributed by atoms with E-state index in [2.05, 4.69) is 45.2 Å². The second-order valence-corrected chi connectivity index (χ2v) is 7.58. The van der Waals surface area contributed by atoms with E-state index in [9.17, 15) is 4.79 Å². The number of aromatic nitrogens is 3. The lowest BCUT2D eigenvalue weighted by Crippen LogP contribution is -2.22. The molecule has 5 rings (SSSR count). The third kappa shape index (κ3) is 2.78. The van der Waals surface area contributed by atoms with Gasteiger partial charge in [-0.15, -0.1) is 0 Å². The average Bonchev–Trinajstić information content (AvgIpc) is 3.33. The second-order valence-electron chi connectivity index (χ2n) is 7.58. The number of aromatic amines is 1. The maximum atomic E-state index is 12.8. The molecule has 5 heteroatoms. The predicted molar refractivity (Wildman–Crippen MR) is 112 cm³/mol. The highest BCUT2D eigenvalue weighted by Crippen LogP contribution is 2.32. The summed E-state index contributed by atoms with van der Waals surface area (Å²) in [6.45, 7) is 3.69. The number of benzene rings is 2. The number of carbonyl (C=O) groups is 1. The van der Waals surface area contributed by atoms with E-state index in [-0.39, 0.29) is 5.91 Å². The minimum absolute atomic E-state index is 0.0250. The molecule has 2 N–H and O–H groups in total. The van der Waals surface area contributed by atoms with E-state index in [4.69, 9.17) is 0 Å². The monoisotopic (exact) mass is 372 g/mol. The third-order valence-corrected chi connectivity index (χ3v) is 5.91. The van der Waals surface area contributed by atoms with Gasteiger partial charge < -0.3 is 9.88 Å². The number of carbonyl (C=O) groups excluding carboxylic acids is 1.